The number of aryl methyl sites for hydroxylation is 2. The normalized spacial score (nSPS) is 17.2. The molecule has 1 aliphatic rings. The number of amides is 1. The predicted octanol–water partition coefficient (Wildman–Crippen LogP) is 2.11. The largest absolute Gasteiger partial charge is 0.351 e. The summed E-state index contributed by atoms with van der Waals surface area (Å²) >= 11 is 0. The third kappa shape index (κ3) is 3.20. The second-order valence-electron chi connectivity index (χ2n) is 6.12. The van der Waals surface area contributed by atoms with Crippen molar-refractivity contribution >= 4 is 15.9 Å². The zero-order valence-corrected chi connectivity index (χ0v) is 14.5. The molecule has 3 rings (SSSR count). The molecule has 2 aromatic carbocycles. The maximum Gasteiger partial charge on any atom is 0.251 e. The Kier molecular flexibility index (Phi) is 4.43. The molecule has 0 fully saturated rings. The first-order chi connectivity index (χ1) is 11.4. The Labute approximate surface area is 142 Å². The van der Waals surface area contributed by atoms with Gasteiger partial charge < -0.3 is 5.32 Å². The van der Waals surface area contributed by atoms with Gasteiger partial charge in [-0.15, -0.1) is 0 Å². The van der Waals surface area contributed by atoms with E-state index < -0.39 is 10.0 Å². The summed E-state index contributed by atoms with van der Waals surface area (Å²) in [6.07, 6.45) is 0. The first-order valence-corrected chi connectivity index (χ1v) is 9.31. The van der Waals surface area contributed by atoms with Crippen molar-refractivity contribution in [3.05, 3.63) is 64.7 Å². The Morgan fingerprint density at radius 3 is 2.67 bits per heavy atom. The van der Waals surface area contributed by atoms with E-state index in [9.17, 15) is 13.2 Å². The van der Waals surface area contributed by atoms with Gasteiger partial charge in [-0.25, -0.2) is 13.1 Å². The van der Waals surface area contributed by atoms with Crippen LogP contribution in [-0.4, -0.2) is 27.4 Å². The lowest BCUT2D eigenvalue weighted by atomic mass is 9.91. The summed E-state index contributed by atoms with van der Waals surface area (Å²) in [7, 11) is -3.59. The van der Waals surface area contributed by atoms with Gasteiger partial charge in [0.05, 0.1) is 4.90 Å². The predicted molar refractivity (Wildman–Crippen MR) is 92.6 cm³/mol. The van der Waals surface area contributed by atoms with Gasteiger partial charge in [0.2, 0.25) is 10.0 Å². The van der Waals surface area contributed by atoms with Crippen LogP contribution in [0.2, 0.25) is 0 Å². The summed E-state index contributed by atoms with van der Waals surface area (Å²) < 4.78 is 27.9. The quantitative estimate of drug-likeness (QED) is 0.892. The van der Waals surface area contributed by atoms with E-state index in [2.05, 4.69) is 10.0 Å². The molecule has 2 aromatic rings. The molecule has 6 heteroatoms. The Hall–Kier alpha value is -2.18. The van der Waals surface area contributed by atoms with E-state index in [1.54, 1.807) is 31.2 Å². The van der Waals surface area contributed by atoms with Gasteiger partial charge in [0.25, 0.3) is 5.91 Å². The van der Waals surface area contributed by atoms with Crippen molar-refractivity contribution in [1.29, 1.82) is 0 Å². The molecule has 1 aliphatic heterocycles. The smallest absolute Gasteiger partial charge is 0.251 e. The minimum absolute atomic E-state index is 0.0839. The molecule has 126 valence electrons. The molecule has 0 radical (unpaired) electrons. The van der Waals surface area contributed by atoms with E-state index >= 15 is 0 Å². The summed E-state index contributed by atoms with van der Waals surface area (Å²) in [5, 5.41) is 2.81. The van der Waals surface area contributed by atoms with Crippen LogP contribution in [0.15, 0.2) is 47.4 Å². The average Bonchev–Trinajstić information content (AvgIpc) is 2.54. The van der Waals surface area contributed by atoms with Crippen LogP contribution in [0.1, 0.15) is 33.0 Å². The fourth-order valence-corrected chi connectivity index (χ4v) is 4.36. The minimum atomic E-state index is -3.59. The van der Waals surface area contributed by atoms with Gasteiger partial charge in [0.1, 0.15) is 0 Å². The van der Waals surface area contributed by atoms with Gasteiger partial charge in [-0.2, -0.15) is 0 Å². The van der Waals surface area contributed by atoms with Gasteiger partial charge in [0.15, 0.2) is 0 Å². The molecule has 24 heavy (non-hydrogen) atoms. The lowest BCUT2D eigenvalue weighted by Crippen LogP contribution is -2.40. The molecule has 1 atom stereocenters. The first kappa shape index (κ1) is 16.7. The van der Waals surface area contributed by atoms with Crippen LogP contribution in [-0.2, 0) is 10.0 Å². The third-order valence-corrected chi connectivity index (χ3v) is 5.88. The minimum Gasteiger partial charge on any atom is -0.351 e. The summed E-state index contributed by atoms with van der Waals surface area (Å²) in [5.74, 6) is -0.196. The number of carbonyl (C=O) groups is 1. The van der Waals surface area contributed by atoms with Gasteiger partial charge in [-0.05, 0) is 37.1 Å². The Bertz CT molecular complexity index is 891. The van der Waals surface area contributed by atoms with E-state index in [0.717, 1.165) is 16.7 Å². The van der Waals surface area contributed by atoms with E-state index in [-0.39, 0.29) is 18.4 Å². The molecular formula is C18H20N2O3S. The highest BCUT2D eigenvalue weighted by Gasteiger charge is 2.26. The lowest BCUT2D eigenvalue weighted by Gasteiger charge is -2.26. The highest BCUT2D eigenvalue weighted by molar-refractivity contribution is 7.89. The zero-order valence-electron chi connectivity index (χ0n) is 13.7. The lowest BCUT2D eigenvalue weighted by molar-refractivity contribution is 0.0940. The molecular weight excluding hydrogens is 324 g/mol. The van der Waals surface area contributed by atoms with Gasteiger partial charge in [0, 0.05) is 24.6 Å². The van der Waals surface area contributed by atoms with E-state index in [4.69, 9.17) is 0 Å². The van der Waals surface area contributed by atoms with Crippen molar-refractivity contribution in [2.24, 2.45) is 0 Å². The first-order valence-electron chi connectivity index (χ1n) is 7.82. The number of hydrogen-bond acceptors (Lipinski definition) is 3. The van der Waals surface area contributed by atoms with Crippen molar-refractivity contribution in [1.82, 2.24) is 10.0 Å². The van der Waals surface area contributed by atoms with Gasteiger partial charge >= 0.3 is 0 Å². The number of sulfonamides is 1. The van der Waals surface area contributed by atoms with E-state index in [1.165, 1.54) is 0 Å². The van der Waals surface area contributed by atoms with Crippen LogP contribution in [0.3, 0.4) is 0 Å². The maximum absolute atomic E-state index is 12.6. The van der Waals surface area contributed by atoms with Crippen LogP contribution >= 0.6 is 0 Å². The molecule has 0 aromatic heterocycles. The fraction of sp³-hybridized carbons (Fsp3) is 0.278. The number of rotatable bonds is 4. The van der Waals surface area contributed by atoms with Crippen molar-refractivity contribution in [2.75, 3.05) is 13.1 Å². The second-order valence-corrected chi connectivity index (χ2v) is 7.85. The topological polar surface area (TPSA) is 75.3 Å². The third-order valence-electron chi connectivity index (χ3n) is 4.29. The van der Waals surface area contributed by atoms with E-state index in [1.807, 2.05) is 25.1 Å². The highest BCUT2D eigenvalue weighted by atomic mass is 32.2. The molecule has 0 bridgehead atoms. The van der Waals surface area contributed by atoms with Crippen molar-refractivity contribution in [2.45, 2.75) is 24.7 Å². The van der Waals surface area contributed by atoms with Crippen LogP contribution in [0.25, 0.3) is 0 Å². The average molecular weight is 344 g/mol. The van der Waals surface area contributed by atoms with Crippen molar-refractivity contribution in [3.8, 4) is 0 Å². The number of hydrogen-bond donors (Lipinski definition) is 2. The molecule has 2 N–H and O–H groups in total. The maximum atomic E-state index is 12.6. The standard InChI is InChI=1S/C18H20N2O3S/c1-12-7-8-17(13(2)9-12)24(22,23)20-11-14-10-19-18(21)16-6-4-3-5-15(14)16/h3-9,14,20H,10-11H2,1-2H3,(H,19,21). The molecule has 1 amide bonds. The van der Waals surface area contributed by atoms with Gasteiger partial charge in [-0.3, -0.25) is 4.79 Å². The van der Waals surface area contributed by atoms with Gasteiger partial charge in [-0.1, -0.05) is 35.9 Å². The highest BCUT2D eigenvalue weighted by Crippen LogP contribution is 2.24. The number of nitrogens with one attached hydrogen (secondary N) is 2. The van der Waals surface area contributed by atoms with E-state index in [0.29, 0.717) is 17.0 Å². The number of carbonyl (C=O) groups excluding carboxylic acids is 1. The van der Waals surface area contributed by atoms with Crippen molar-refractivity contribution < 1.29 is 13.2 Å². The van der Waals surface area contributed by atoms with Crippen LogP contribution in [0, 0.1) is 13.8 Å². The monoisotopic (exact) mass is 344 g/mol. The zero-order chi connectivity index (χ0) is 17.3. The summed E-state index contributed by atoms with van der Waals surface area (Å²) in [6.45, 7) is 4.38. The Morgan fingerprint density at radius 1 is 1.17 bits per heavy atom. The summed E-state index contributed by atoms with van der Waals surface area (Å²) in [5.41, 5.74) is 3.24. The van der Waals surface area contributed by atoms with Crippen LogP contribution in [0.4, 0.5) is 0 Å². The molecule has 1 unspecified atom stereocenters. The fourth-order valence-electron chi connectivity index (χ4n) is 3.05. The van der Waals surface area contributed by atoms with Crippen LogP contribution in [0.5, 0.6) is 0 Å². The molecule has 5 nitrogen and oxygen atoms in total. The van der Waals surface area contributed by atoms with Crippen molar-refractivity contribution in [3.63, 3.8) is 0 Å². The second kappa shape index (κ2) is 6.37. The Morgan fingerprint density at radius 2 is 1.92 bits per heavy atom. The summed E-state index contributed by atoms with van der Waals surface area (Å²) in [4.78, 5) is 12.2. The molecule has 0 saturated heterocycles. The molecule has 1 heterocycles. The Balaban J connectivity index is 1.81. The number of fused-ring (bicyclic) bond motifs is 1. The van der Waals surface area contributed by atoms with Crippen LogP contribution < -0.4 is 10.0 Å². The molecule has 0 saturated carbocycles. The number of benzene rings is 2. The molecule has 0 spiro atoms. The SMILES string of the molecule is Cc1ccc(S(=O)(=O)NCC2CNC(=O)c3ccccc32)c(C)c1. The summed E-state index contributed by atoms with van der Waals surface area (Å²) in [6, 6.07) is 12.6. The molecule has 0 aliphatic carbocycles.